The Morgan fingerprint density at radius 2 is 2.38 bits per heavy atom. The topological polar surface area (TPSA) is 38.9 Å². The van der Waals surface area contributed by atoms with E-state index in [-0.39, 0.29) is 0 Å². The summed E-state index contributed by atoms with van der Waals surface area (Å²) in [4.78, 5) is 4.32. The maximum atomic E-state index is 5.63. The van der Waals surface area contributed by atoms with Gasteiger partial charge in [-0.15, -0.1) is 0 Å². The van der Waals surface area contributed by atoms with E-state index >= 15 is 0 Å². The lowest BCUT2D eigenvalue weighted by Gasteiger charge is -2.02. The van der Waals surface area contributed by atoms with Crippen molar-refractivity contribution in [1.29, 1.82) is 0 Å². The van der Waals surface area contributed by atoms with Gasteiger partial charge in [-0.05, 0) is 43.4 Å². The molecular weight excluding hydrogens is 160 g/mol. The van der Waals surface area contributed by atoms with Crippen molar-refractivity contribution in [2.45, 2.75) is 25.7 Å². The van der Waals surface area contributed by atoms with E-state index in [9.17, 15) is 0 Å². The Balaban J connectivity index is 2.37. The first kappa shape index (κ1) is 8.30. The molecule has 0 aromatic carbocycles. The molecule has 0 atom stereocenters. The van der Waals surface area contributed by atoms with Crippen molar-refractivity contribution in [1.82, 2.24) is 4.98 Å². The Labute approximate surface area is 78.5 Å². The molecule has 1 aliphatic carbocycles. The molecule has 2 N–H and O–H groups in total. The van der Waals surface area contributed by atoms with Crippen LogP contribution in [0.3, 0.4) is 0 Å². The van der Waals surface area contributed by atoms with E-state index in [1.165, 1.54) is 18.4 Å². The van der Waals surface area contributed by atoms with E-state index in [1.54, 1.807) is 0 Å². The number of nitrogens with zero attached hydrogens (tertiary/aromatic N) is 1. The van der Waals surface area contributed by atoms with Crippen LogP contribution in [0.5, 0.6) is 0 Å². The van der Waals surface area contributed by atoms with Crippen LogP contribution in [0.2, 0.25) is 0 Å². The van der Waals surface area contributed by atoms with E-state index in [4.69, 9.17) is 5.73 Å². The number of hydrogen-bond donors (Lipinski definition) is 1. The molecule has 68 valence electrons. The summed E-state index contributed by atoms with van der Waals surface area (Å²) in [5.41, 5.74) is 8.86. The Bertz CT molecular complexity index is 334. The van der Waals surface area contributed by atoms with Gasteiger partial charge < -0.3 is 5.73 Å². The number of nitrogens with two attached hydrogens (primary N) is 1. The van der Waals surface area contributed by atoms with Gasteiger partial charge >= 0.3 is 0 Å². The monoisotopic (exact) mass is 174 g/mol. The van der Waals surface area contributed by atoms with E-state index in [2.05, 4.69) is 11.1 Å². The van der Waals surface area contributed by atoms with Crippen LogP contribution in [0.15, 0.2) is 24.0 Å². The molecule has 0 saturated heterocycles. The number of hydrogen-bond acceptors (Lipinski definition) is 2. The first-order chi connectivity index (χ1) is 6.27. The molecule has 2 heteroatoms. The van der Waals surface area contributed by atoms with Crippen molar-refractivity contribution < 1.29 is 0 Å². The van der Waals surface area contributed by atoms with Crippen molar-refractivity contribution in [3.63, 3.8) is 0 Å². The minimum Gasteiger partial charge on any atom is -0.402 e. The molecule has 1 heterocycles. The molecule has 0 spiro atoms. The van der Waals surface area contributed by atoms with Crippen LogP contribution >= 0.6 is 0 Å². The third-order valence-corrected chi connectivity index (χ3v) is 2.25. The highest BCUT2D eigenvalue weighted by Crippen LogP contribution is 2.41. The fraction of sp³-hybridized carbons (Fsp3) is 0.364. The Morgan fingerprint density at radius 3 is 3.00 bits per heavy atom. The number of rotatable bonds is 2. The van der Waals surface area contributed by atoms with Crippen LogP contribution in [0.1, 0.15) is 36.9 Å². The second-order valence-electron chi connectivity index (χ2n) is 3.64. The molecule has 2 nitrogen and oxygen atoms in total. The quantitative estimate of drug-likeness (QED) is 0.747. The second kappa shape index (κ2) is 3.21. The summed E-state index contributed by atoms with van der Waals surface area (Å²) in [7, 11) is 0. The summed E-state index contributed by atoms with van der Waals surface area (Å²) >= 11 is 0. The van der Waals surface area contributed by atoms with E-state index < -0.39 is 0 Å². The first-order valence-corrected chi connectivity index (χ1v) is 4.66. The summed E-state index contributed by atoms with van der Waals surface area (Å²) in [6.07, 6.45) is 6.38. The molecule has 0 amide bonds. The van der Waals surface area contributed by atoms with Crippen molar-refractivity contribution in [3.05, 3.63) is 35.3 Å². The van der Waals surface area contributed by atoms with Gasteiger partial charge in [-0.1, -0.05) is 6.07 Å². The Hall–Kier alpha value is -1.31. The molecular formula is C11H14N2. The number of pyridine rings is 1. The largest absolute Gasteiger partial charge is 0.402 e. The van der Waals surface area contributed by atoms with Gasteiger partial charge in [0.1, 0.15) is 0 Å². The lowest BCUT2D eigenvalue weighted by Crippen LogP contribution is -1.94. The third kappa shape index (κ3) is 1.89. The van der Waals surface area contributed by atoms with Crippen molar-refractivity contribution in [2.75, 3.05) is 0 Å². The van der Waals surface area contributed by atoms with Crippen molar-refractivity contribution in [2.24, 2.45) is 5.73 Å². The fourth-order valence-electron chi connectivity index (χ4n) is 1.51. The zero-order chi connectivity index (χ0) is 9.26. The summed E-state index contributed by atoms with van der Waals surface area (Å²) in [5, 5.41) is 0. The van der Waals surface area contributed by atoms with Gasteiger partial charge in [-0.2, -0.15) is 0 Å². The zero-order valence-corrected chi connectivity index (χ0v) is 7.83. The molecule has 1 fully saturated rings. The summed E-state index contributed by atoms with van der Waals surface area (Å²) < 4.78 is 0. The number of aromatic nitrogens is 1. The van der Waals surface area contributed by atoms with Crippen LogP contribution in [0.4, 0.5) is 0 Å². The van der Waals surface area contributed by atoms with Crippen LogP contribution in [-0.4, -0.2) is 4.98 Å². The summed E-state index contributed by atoms with van der Waals surface area (Å²) in [6.45, 7) is 1.89. The average Bonchev–Trinajstić information content (AvgIpc) is 2.87. The lowest BCUT2D eigenvalue weighted by molar-refractivity contribution is 1.08. The maximum Gasteiger partial charge on any atom is 0.0681 e. The van der Waals surface area contributed by atoms with Crippen molar-refractivity contribution in [3.8, 4) is 0 Å². The van der Waals surface area contributed by atoms with Crippen LogP contribution in [0, 0.1) is 0 Å². The highest BCUT2D eigenvalue weighted by Gasteiger charge is 2.25. The normalized spacial score (nSPS) is 17.5. The molecule has 1 aliphatic rings. The fourth-order valence-corrected chi connectivity index (χ4v) is 1.51. The Kier molecular flexibility index (Phi) is 2.05. The predicted octanol–water partition coefficient (Wildman–Crippen LogP) is 2.28. The van der Waals surface area contributed by atoms with E-state index in [1.807, 2.05) is 25.3 Å². The predicted molar refractivity (Wildman–Crippen MR) is 54.1 cm³/mol. The highest BCUT2D eigenvalue weighted by molar-refractivity contribution is 5.53. The lowest BCUT2D eigenvalue weighted by atomic mass is 10.1. The maximum absolute atomic E-state index is 5.63. The van der Waals surface area contributed by atoms with Gasteiger partial charge in [0.2, 0.25) is 0 Å². The molecule has 1 aromatic heterocycles. The van der Waals surface area contributed by atoms with Crippen molar-refractivity contribution >= 4 is 6.08 Å². The summed E-state index contributed by atoms with van der Waals surface area (Å²) in [5.74, 6) is 0.735. The minimum atomic E-state index is 0.735. The first-order valence-electron chi connectivity index (χ1n) is 4.66. The van der Waals surface area contributed by atoms with Gasteiger partial charge in [-0.3, -0.25) is 4.98 Å². The standard InChI is InChI=1S/C11H14N2/c1-8(12)7-11-10(9-4-5-9)3-2-6-13-11/h2-3,6-7,9H,4-5,12H2,1H3/b8-7-. The summed E-state index contributed by atoms with van der Waals surface area (Å²) in [6, 6.07) is 4.15. The molecule has 13 heavy (non-hydrogen) atoms. The van der Waals surface area contributed by atoms with Gasteiger partial charge in [0.25, 0.3) is 0 Å². The number of allylic oxidation sites excluding steroid dienone is 1. The minimum absolute atomic E-state index is 0.735. The smallest absolute Gasteiger partial charge is 0.0681 e. The molecule has 1 aromatic rings. The molecule has 0 radical (unpaired) electrons. The van der Waals surface area contributed by atoms with E-state index in [0.717, 1.165) is 17.3 Å². The Morgan fingerprint density at radius 1 is 1.62 bits per heavy atom. The zero-order valence-electron chi connectivity index (χ0n) is 7.83. The molecule has 2 rings (SSSR count). The molecule has 0 bridgehead atoms. The molecule has 0 aliphatic heterocycles. The third-order valence-electron chi connectivity index (χ3n) is 2.25. The van der Waals surface area contributed by atoms with Crippen LogP contribution in [0.25, 0.3) is 6.08 Å². The van der Waals surface area contributed by atoms with Gasteiger partial charge in [0.15, 0.2) is 0 Å². The van der Waals surface area contributed by atoms with Crippen LogP contribution < -0.4 is 5.73 Å². The highest BCUT2D eigenvalue weighted by atomic mass is 14.7. The SMILES string of the molecule is C/C(N)=C/c1ncccc1C1CC1. The molecule has 0 unspecified atom stereocenters. The molecule has 1 saturated carbocycles. The van der Waals surface area contributed by atoms with Gasteiger partial charge in [-0.25, -0.2) is 0 Å². The average molecular weight is 174 g/mol. The van der Waals surface area contributed by atoms with Gasteiger partial charge in [0, 0.05) is 11.9 Å². The van der Waals surface area contributed by atoms with Gasteiger partial charge in [0.05, 0.1) is 5.69 Å². The second-order valence-corrected chi connectivity index (χ2v) is 3.64. The van der Waals surface area contributed by atoms with Crippen LogP contribution in [-0.2, 0) is 0 Å². The van der Waals surface area contributed by atoms with E-state index in [0.29, 0.717) is 0 Å².